The lowest BCUT2D eigenvalue weighted by Gasteiger charge is -2.49. The SMILES string of the molecule is O=[N+]([O-])c1ccc([C@@]2(O)O[C@H](CO)[C@@H](O[C@H]3O[C@H](CO)[C@@H](O)[C@H](O)[C@H]3O)[C@H](O)[C@H]2O)cc1. The van der Waals surface area contributed by atoms with Crippen molar-refractivity contribution in [3.63, 3.8) is 0 Å². The Morgan fingerprint density at radius 3 is 2.06 bits per heavy atom. The second-order valence-electron chi connectivity index (χ2n) is 7.57. The molecule has 2 fully saturated rings. The van der Waals surface area contributed by atoms with Gasteiger partial charge in [0.25, 0.3) is 5.69 Å². The number of rotatable bonds is 6. The molecule has 14 heteroatoms. The molecule has 2 aliphatic rings. The number of hydrogen-bond acceptors (Lipinski definition) is 13. The predicted octanol–water partition coefficient (Wildman–Crippen LogP) is -3.96. The maximum absolute atomic E-state index is 10.9. The zero-order valence-corrected chi connectivity index (χ0v) is 16.5. The molecular weight excluding hydrogens is 438 g/mol. The molecule has 2 heterocycles. The summed E-state index contributed by atoms with van der Waals surface area (Å²) in [5.74, 6) is -2.59. The first-order valence-electron chi connectivity index (χ1n) is 9.63. The predicted molar refractivity (Wildman–Crippen MR) is 99.6 cm³/mol. The Morgan fingerprint density at radius 1 is 0.938 bits per heavy atom. The molecule has 1 aromatic rings. The second kappa shape index (κ2) is 9.58. The van der Waals surface area contributed by atoms with Gasteiger partial charge in [0, 0.05) is 17.7 Å². The lowest BCUT2D eigenvalue weighted by atomic mass is 9.88. The first kappa shape index (κ1) is 24.8. The first-order chi connectivity index (χ1) is 15.0. The van der Waals surface area contributed by atoms with Crippen molar-refractivity contribution >= 4 is 5.69 Å². The summed E-state index contributed by atoms with van der Waals surface area (Å²) in [6.07, 6.45) is -15.4. The molecule has 8 N–H and O–H groups in total. The summed E-state index contributed by atoms with van der Waals surface area (Å²) in [6, 6.07) is 4.28. The third-order valence-corrected chi connectivity index (χ3v) is 5.57. The lowest BCUT2D eigenvalue weighted by molar-refractivity contribution is -0.389. The van der Waals surface area contributed by atoms with E-state index in [1.165, 1.54) is 0 Å². The van der Waals surface area contributed by atoms with Gasteiger partial charge < -0.3 is 55.1 Å². The third-order valence-electron chi connectivity index (χ3n) is 5.57. The monoisotopic (exact) mass is 463 g/mol. The minimum absolute atomic E-state index is 0.153. The van der Waals surface area contributed by atoms with Crippen molar-refractivity contribution in [1.29, 1.82) is 0 Å². The Labute approximate surface area is 180 Å². The Balaban J connectivity index is 1.83. The Morgan fingerprint density at radius 2 is 1.53 bits per heavy atom. The molecule has 2 saturated heterocycles. The molecule has 3 rings (SSSR count). The zero-order chi connectivity index (χ0) is 23.8. The molecular formula is C18H25NO13. The van der Waals surface area contributed by atoms with E-state index in [0.29, 0.717) is 0 Å². The minimum Gasteiger partial charge on any atom is -0.394 e. The number of nitro benzene ring substituents is 1. The highest BCUT2D eigenvalue weighted by Gasteiger charge is 2.56. The van der Waals surface area contributed by atoms with E-state index < -0.39 is 79.0 Å². The van der Waals surface area contributed by atoms with Gasteiger partial charge in [0.05, 0.1) is 18.1 Å². The van der Waals surface area contributed by atoms with E-state index in [1.807, 2.05) is 0 Å². The fourth-order valence-electron chi connectivity index (χ4n) is 3.70. The topological polar surface area (TPSA) is 233 Å². The first-order valence-corrected chi connectivity index (χ1v) is 9.63. The van der Waals surface area contributed by atoms with Crippen LogP contribution in [-0.4, -0.2) is 114 Å². The summed E-state index contributed by atoms with van der Waals surface area (Å²) < 4.78 is 16.0. The number of benzene rings is 1. The summed E-state index contributed by atoms with van der Waals surface area (Å²) in [5.41, 5.74) is -0.454. The summed E-state index contributed by atoms with van der Waals surface area (Å²) >= 11 is 0. The van der Waals surface area contributed by atoms with E-state index in [4.69, 9.17) is 14.2 Å². The molecule has 0 saturated carbocycles. The van der Waals surface area contributed by atoms with Gasteiger partial charge in [0.1, 0.15) is 48.8 Å². The number of aliphatic hydroxyl groups is 8. The average molecular weight is 463 g/mol. The molecule has 0 aliphatic carbocycles. The van der Waals surface area contributed by atoms with Crippen LogP contribution in [-0.2, 0) is 20.0 Å². The van der Waals surface area contributed by atoms with Gasteiger partial charge in [-0.3, -0.25) is 10.1 Å². The van der Waals surface area contributed by atoms with Crippen LogP contribution in [0.15, 0.2) is 24.3 Å². The molecule has 180 valence electrons. The van der Waals surface area contributed by atoms with Crippen LogP contribution >= 0.6 is 0 Å². The van der Waals surface area contributed by atoms with Crippen molar-refractivity contribution in [2.24, 2.45) is 0 Å². The molecule has 0 bridgehead atoms. The largest absolute Gasteiger partial charge is 0.394 e. The summed E-state index contributed by atoms with van der Waals surface area (Å²) in [4.78, 5) is 10.1. The van der Waals surface area contributed by atoms with E-state index in [0.717, 1.165) is 24.3 Å². The van der Waals surface area contributed by atoms with Crippen LogP contribution in [0.5, 0.6) is 0 Å². The number of aliphatic hydroxyl groups excluding tert-OH is 7. The van der Waals surface area contributed by atoms with E-state index in [2.05, 4.69) is 0 Å². The van der Waals surface area contributed by atoms with Gasteiger partial charge in [-0.05, 0) is 12.1 Å². The minimum atomic E-state index is -2.59. The van der Waals surface area contributed by atoms with Crippen LogP contribution < -0.4 is 0 Å². The highest BCUT2D eigenvalue weighted by molar-refractivity contribution is 5.35. The zero-order valence-electron chi connectivity index (χ0n) is 16.5. The van der Waals surface area contributed by atoms with Gasteiger partial charge in [0.2, 0.25) is 5.79 Å². The number of nitrogens with zero attached hydrogens (tertiary/aromatic N) is 1. The van der Waals surface area contributed by atoms with Crippen molar-refractivity contribution in [3.05, 3.63) is 39.9 Å². The molecule has 0 aromatic heterocycles. The second-order valence-corrected chi connectivity index (χ2v) is 7.57. The molecule has 32 heavy (non-hydrogen) atoms. The Hall–Kier alpha value is -1.82. The molecule has 14 nitrogen and oxygen atoms in total. The molecule has 1 aromatic carbocycles. The quantitative estimate of drug-likeness (QED) is 0.149. The standard InChI is InChI=1S/C18H25NO13/c20-5-9-11(22)12(23)13(24)17(30-9)31-15-10(6-21)32-18(27,16(26)14(15)25)7-1-3-8(4-2-7)19(28)29/h1-4,9-17,20-27H,5-6H2/t9-,10-,11-,12+,13-,14+,15-,16-,17-,18-/m1/s1. The van der Waals surface area contributed by atoms with E-state index in [9.17, 15) is 51.0 Å². The molecule has 0 spiro atoms. The van der Waals surface area contributed by atoms with Gasteiger partial charge in [0.15, 0.2) is 6.29 Å². The molecule has 2 aliphatic heterocycles. The molecule has 0 amide bonds. The third kappa shape index (κ3) is 4.35. The maximum Gasteiger partial charge on any atom is 0.269 e. The summed E-state index contributed by atoms with van der Waals surface area (Å²) in [6.45, 7) is -1.58. The van der Waals surface area contributed by atoms with Crippen LogP contribution in [0.1, 0.15) is 5.56 Å². The van der Waals surface area contributed by atoms with Crippen LogP contribution in [0, 0.1) is 10.1 Å². The van der Waals surface area contributed by atoms with Gasteiger partial charge in [-0.25, -0.2) is 0 Å². The van der Waals surface area contributed by atoms with Gasteiger partial charge in [-0.15, -0.1) is 0 Å². The number of non-ortho nitro benzene ring substituents is 1. The van der Waals surface area contributed by atoms with Crippen LogP contribution in [0.3, 0.4) is 0 Å². The van der Waals surface area contributed by atoms with Crippen LogP contribution in [0.2, 0.25) is 0 Å². The maximum atomic E-state index is 10.9. The Kier molecular flexibility index (Phi) is 7.43. The van der Waals surface area contributed by atoms with E-state index in [-0.39, 0.29) is 11.3 Å². The highest BCUT2D eigenvalue weighted by Crippen LogP contribution is 2.39. The smallest absolute Gasteiger partial charge is 0.269 e. The normalized spacial score (nSPS) is 42.6. The molecule has 0 radical (unpaired) electrons. The van der Waals surface area contributed by atoms with Crippen molar-refractivity contribution in [2.45, 2.75) is 60.9 Å². The average Bonchev–Trinajstić information content (AvgIpc) is 2.79. The molecule has 10 atom stereocenters. The van der Waals surface area contributed by atoms with Crippen LogP contribution in [0.4, 0.5) is 5.69 Å². The lowest BCUT2D eigenvalue weighted by Crippen LogP contribution is -2.67. The van der Waals surface area contributed by atoms with Crippen LogP contribution in [0.25, 0.3) is 0 Å². The van der Waals surface area contributed by atoms with Crippen molar-refractivity contribution < 1.29 is 60.0 Å². The fraction of sp³-hybridized carbons (Fsp3) is 0.667. The van der Waals surface area contributed by atoms with Crippen molar-refractivity contribution in [1.82, 2.24) is 0 Å². The van der Waals surface area contributed by atoms with E-state index >= 15 is 0 Å². The highest BCUT2D eigenvalue weighted by atomic mass is 16.7. The van der Waals surface area contributed by atoms with Gasteiger partial charge in [-0.1, -0.05) is 0 Å². The van der Waals surface area contributed by atoms with Crippen molar-refractivity contribution in [2.75, 3.05) is 13.2 Å². The summed E-state index contributed by atoms with van der Waals surface area (Å²) in [5, 5.41) is 91.7. The van der Waals surface area contributed by atoms with Crippen molar-refractivity contribution in [3.8, 4) is 0 Å². The Bertz CT molecular complexity index is 790. The van der Waals surface area contributed by atoms with E-state index in [1.54, 1.807) is 0 Å². The number of hydrogen-bond donors (Lipinski definition) is 8. The number of ether oxygens (including phenoxy) is 3. The van der Waals surface area contributed by atoms with Gasteiger partial charge in [-0.2, -0.15) is 0 Å². The number of nitro groups is 1. The van der Waals surface area contributed by atoms with Gasteiger partial charge >= 0.3 is 0 Å². The summed E-state index contributed by atoms with van der Waals surface area (Å²) in [7, 11) is 0. The molecule has 0 unspecified atom stereocenters. The fourth-order valence-corrected chi connectivity index (χ4v) is 3.70.